The first-order chi connectivity index (χ1) is 9.88. The Morgan fingerprint density at radius 1 is 1.43 bits per heavy atom. The van der Waals surface area contributed by atoms with Crippen molar-refractivity contribution >= 4 is 34.5 Å². The quantitative estimate of drug-likeness (QED) is 0.884. The first kappa shape index (κ1) is 15.9. The van der Waals surface area contributed by atoms with Crippen LogP contribution in [0, 0.1) is 6.92 Å². The van der Waals surface area contributed by atoms with E-state index < -0.39 is 0 Å². The fourth-order valence-corrected chi connectivity index (χ4v) is 2.74. The second-order valence-electron chi connectivity index (χ2n) is 5.32. The predicted octanol–water partition coefficient (Wildman–Crippen LogP) is 3.57. The highest BCUT2D eigenvalue weighted by molar-refractivity contribution is 7.09. The van der Waals surface area contributed by atoms with Gasteiger partial charge in [0.25, 0.3) is 0 Å². The summed E-state index contributed by atoms with van der Waals surface area (Å²) in [6.45, 7) is 6.14. The van der Waals surface area contributed by atoms with E-state index in [2.05, 4.69) is 15.6 Å². The SMILES string of the molecule is Cc1ccc(Cl)cc1NC(=O)CNC(C)(C)c1nccs1. The topological polar surface area (TPSA) is 54.0 Å². The summed E-state index contributed by atoms with van der Waals surface area (Å²) >= 11 is 7.51. The molecule has 1 heterocycles. The van der Waals surface area contributed by atoms with Crippen molar-refractivity contribution in [3.63, 3.8) is 0 Å². The van der Waals surface area contributed by atoms with Crippen molar-refractivity contribution in [2.24, 2.45) is 0 Å². The number of benzene rings is 1. The number of halogens is 1. The van der Waals surface area contributed by atoms with Crippen LogP contribution in [0.4, 0.5) is 5.69 Å². The van der Waals surface area contributed by atoms with Crippen LogP contribution in [0.15, 0.2) is 29.8 Å². The summed E-state index contributed by atoms with van der Waals surface area (Å²) < 4.78 is 0. The molecule has 2 N–H and O–H groups in total. The zero-order chi connectivity index (χ0) is 15.5. The van der Waals surface area contributed by atoms with Crippen LogP contribution in [0.3, 0.4) is 0 Å². The molecule has 0 saturated carbocycles. The molecule has 0 saturated heterocycles. The van der Waals surface area contributed by atoms with E-state index in [1.165, 1.54) is 0 Å². The van der Waals surface area contributed by atoms with E-state index >= 15 is 0 Å². The zero-order valence-electron chi connectivity index (χ0n) is 12.2. The molecule has 2 aromatic rings. The monoisotopic (exact) mass is 323 g/mol. The van der Waals surface area contributed by atoms with Crippen molar-refractivity contribution in [2.75, 3.05) is 11.9 Å². The molecule has 4 nitrogen and oxygen atoms in total. The molecule has 0 fully saturated rings. The number of amides is 1. The molecule has 0 bridgehead atoms. The van der Waals surface area contributed by atoms with Gasteiger partial charge < -0.3 is 5.32 Å². The summed E-state index contributed by atoms with van der Waals surface area (Å²) in [4.78, 5) is 16.3. The Kier molecular flexibility index (Phi) is 4.98. The number of anilines is 1. The summed E-state index contributed by atoms with van der Waals surface area (Å²) in [6.07, 6.45) is 1.76. The van der Waals surface area contributed by atoms with Crippen LogP contribution >= 0.6 is 22.9 Å². The minimum Gasteiger partial charge on any atom is -0.325 e. The average molecular weight is 324 g/mol. The molecule has 0 aliphatic carbocycles. The van der Waals surface area contributed by atoms with Crippen molar-refractivity contribution in [2.45, 2.75) is 26.3 Å². The molecule has 0 aliphatic rings. The standard InChI is InChI=1S/C15H18ClN3OS/c1-10-4-5-11(16)8-12(10)19-13(20)9-18-15(2,3)14-17-6-7-21-14/h4-8,18H,9H2,1-3H3,(H,19,20). The first-order valence-electron chi connectivity index (χ1n) is 6.59. The second-order valence-corrected chi connectivity index (χ2v) is 6.65. The number of nitrogens with zero attached hydrogens (tertiary/aromatic N) is 1. The summed E-state index contributed by atoms with van der Waals surface area (Å²) in [5.74, 6) is -0.106. The minimum atomic E-state index is -0.338. The number of carbonyl (C=O) groups excluding carboxylic acids is 1. The third kappa shape index (κ3) is 4.27. The lowest BCUT2D eigenvalue weighted by molar-refractivity contribution is -0.115. The van der Waals surface area contributed by atoms with E-state index in [4.69, 9.17) is 11.6 Å². The predicted molar refractivity (Wildman–Crippen MR) is 88.0 cm³/mol. The van der Waals surface area contributed by atoms with Gasteiger partial charge in [-0.3, -0.25) is 10.1 Å². The van der Waals surface area contributed by atoms with Gasteiger partial charge >= 0.3 is 0 Å². The Morgan fingerprint density at radius 2 is 2.19 bits per heavy atom. The highest BCUT2D eigenvalue weighted by atomic mass is 35.5. The Balaban J connectivity index is 1.95. The Labute approximate surface area is 133 Å². The molecule has 6 heteroatoms. The Hall–Kier alpha value is -1.43. The minimum absolute atomic E-state index is 0.106. The van der Waals surface area contributed by atoms with Gasteiger partial charge in [-0.25, -0.2) is 4.98 Å². The van der Waals surface area contributed by atoms with Gasteiger partial charge in [0.1, 0.15) is 5.01 Å². The first-order valence-corrected chi connectivity index (χ1v) is 7.85. The van der Waals surface area contributed by atoms with Gasteiger partial charge in [0.05, 0.1) is 12.1 Å². The van der Waals surface area contributed by atoms with Gasteiger partial charge in [0.2, 0.25) is 5.91 Å². The van der Waals surface area contributed by atoms with Crippen LogP contribution in [0.2, 0.25) is 5.02 Å². The number of hydrogen-bond donors (Lipinski definition) is 2. The van der Waals surface area contributed by atoms with Crippen molar-refractivity contribution < 1.29 is 4.79 Å². The van der Waals surface area contributed by atoms with Crippen LogP contribution in [0.5, 0.6) is 0 Å². The van der Waals surface area contributed by atoms with Gasteiger partial charge in [-0.15, -0.1) is 11.3 Å². The lowest BCUT2D eigenvalue weighted by Gasteiger charge is -2.23. The Bertz CT molecular complexity index is 626. The average Bonchev–Trinajstić information content (AvgIpc) is 2.96. The third-order valence-electron chi connectivity index (χ3n) is 3.13. The number of nitrogens with one attached hydrogen (secondary N) is 2. The van der Waals surface area contributed by atoms with E-state index in [9.17, 15) is 4.79 Å². The molecule has 0 unspecified atom stereocenters. The number of aryl methyl sites for hydroxylation is 1. The van der Waals surface area contributed by atoms with Crippen molar-refractivity contribution in [3.05, 3.63) is 45.4 Å². The lowest BCUT2D eigenvalue weighted by atomic mass is 10.1. The number of hydrogen-bond acceptors (Lipinski definition) is 4. The number of aromatic nitrogens is 1. The molecule has 1 aromatic carbocycles. The van der Waals surface area contributed by atoms with Crippen LogP contribution in [0.25, 0.3) is 0 Å². The fourth-order valence-electron chi connectivity index (χ4n) is 1.83. The molecule has 112 valence electrons. The highest BCUT2D eigenvalue weighted by Gasteiger charge is 2.23. The third-order valence-corrected chi connectivity index (χ3v) is 4.46. The van der Waals surface area contributed by atoms with E-state index in [1.54, 1.807) is 29.7 Å². The maximum atomic E-state index is 12.1. The number of carbonyl (C=O) groups is 1. The van der Waals surface area contributed by atoms with Gasteiger partial charge in [-0.2, -0.15) is 0 Å². The molecule has 21 heavy (non-hydrogen) atoms. The van der Waals surface area contributed by atoms with Gasteiger partial charge in [0, 0.05) is 22.3 Å². The van der Waals surface area contributed by atoms with E-state index in [0.717, 1.165) is 16.3 Å². The molecule has 1 amide bonds. The van der Waals surface area contributed by atoms with Gasteiger partial charge in [-0.1, -0.05) is 17.7 Å². The van der Waals surface area contributed by atoms with Gasteiger partial charge in [0.15, 0.2) is 0 Å². The molecule has 0 radical (unpaired) electrons. The van der Waals surface area contributed by atoms with E-state index in [0.29, 0.717) is 5.02 Å². The maximum absolute atomic E-state index is 12.1. The number of thiazole rings is 1. The maximum Gasteiger partial charge on any atom is 0.238 e. The normalized spacial score (nSPS) is 11.4. The van der Waals surface area contributed by atoms with Crippen LogP contribution in [-0.4, -0.2) is 17.4 Å². The molecular weight excluding hydrogens is 306 g/mol. The summed E-state index contributed by atoms with van der Waals surface area (Å²) in [5.41, 5.74) is 1.38. The highest BCUT2D eigenvalue weighted by Crippen LogP contribution is 2.22. The summed E-state index contributed by atoms with van der Waals surface area (Å²) in [6, 6.07) is 5.43. The fraction of sp³-hybridized carbons (Fsp3) is 0.333. The van der Waals surface area contributed by atoms with Crippen LogP contribution in [0.1, 0.15) is 24.4 Å². The smallest absolute Gasteiger partial charge is 0.238 e. The summed E-state index contributed by atoms with van der Waals surface area (Å²) in [7, 11) is 0. The van der Waals surface area contributed by atoms with Crippen molar-refractivity contribution in [1.82, 2.24) is 10.3 Å². The van der Waals surface area contributed by atoms with E-state index in [-0.39, 0.29) is 18.0 Å². The molecule has 2 rings (SSSR count). The molecule has 0 aliphatic heterocycles. The number of rotatable bonds is 5. The second kappa shape index (κ2) is 6.56. The van der Waals surface area contributed by atoms with E-state index in [1.807, 2.05) is 32.2 Å². The van der Waals surface area contributed by atoms with Crippen LogP contribution < -0.4 is 10.6 Å². The molecule has 0 spiro atoms. The summed E-state index contributed by atoms with van der Waals surface area (Å²) in [5, 5.41) is 9.57. The zero-order valence-corrected chi connectivity index (χ0v) is 13.8. The molecular formula is C15H18ClN3OS. The lowest BCUT2D eigenvalue weighted by Crippen LogP contribution is -2.41. The van der Waals surface area contributed by atoms with Crippen molar-refractivity contribution in [3.8, 4) is 0 Å². The van der Waals surface area contributed by atoms with Crippen molar-refractivity contribution in [1.29, 1.82) is 0 Å². The molecule has 0 atom stereocenters. The Morgan fingerprint density at radius 3 is 2.86 bits per heavy atom. The van der Waals surface area contributed by atoms with Gasteiger partial charge in [-0.05, 0) is 38.5 Å². The van der Waals surface area contributed by atoms with Crippen LogP contribution in [-0.2, 0) is 10.3 Å². The largest absolute Gasteiger partial charge is 0.325 e. The molecule has 1 aromatic heterocycles.